The van der Waals surface area contributed by atoms with Gasteiger partial charge in [0, 0.05) is 42.8 Å². The number of aromatic nitrogens is 3. The maximum absolute atomic E-state index is 6.32. The fourth-order valence-corrected chi connectivity index (χ4v) is 10.1. The zero-order valence-corrected chi connectivity index (χ0v) is 38.8. The molecule has 0 aliphatic rings. The van der Waals surface area contributed by atoms with E-state index in [1.165, 1.54) is 21.9 Å². The van der Waals surface area contributed by atoms with E-state index in [9.17, 15) is 0 Å². The van der Waals surface area contributed by atoms with Gasteiger partial charge >= 0.3 is 0 Å². The standard InChI is InChI=1S/C31H19N2O.C24H26NOSi.Ir/c1-2-9-21(10-3-1)22-17-19-23(20-18-22)33-28-15-6-5-14-27(28)32-31(33)26-13-8-12-25-24-11-4-7-16-29(24)34-30(25)26;1-16(2)13-17-14-21(25-15-23(17)27(3,4)5)20-11-8-10-19-18-9-6-7-12-22(18)26-24(19)20;/h1-12,14-20H;6-10,12,14-16H,13H2,1-5H3;/q2*-1;. The molecule has 7 aromatic carbocycles. The third-order valence-electron chi connectivity index (χ3n) is 11.4. The molecule has 0 amide bonds. The Morgan fingerprint density at radius 2 is 1.18 bits per heavy atom. The van der Waals surface area contributed by atoms with Gasteiger partial charge in [-0.05, 0) is 70.7 Å². The predicted octanol–water partition coefficient (Wildman–Crippen LogP) is 14.2. The number of para-hydroxylation sites is 4. The number of benzene rings is 7. The van der Waals surface area contributed by atoms with Crippen LogP contribution in [0.2, 0.25) is 19.6 Å². The topological polar surface area (TPSA) is 57.0 Å². The monoisotopic (exact) mass is 1000 g/mol. The summed E-state index contributed by atoms with van der Waals surface area (Å²) in [6.45, 7) is 11.7. The van der Waals surface area contributed by atoms with Crippen LogP contribution in [0.1, 0.15) is 19.4 Å². The first kappa shape index (κ1) is 41.0. The Balaban J connectivity index is 0.000000160. The molecule has 4 aromatic heterocycles. The van der Waals surface area contributed by atoms with Crippen molar-refractivity contribution in [3.63, 3.8) is 0 Å². The van der Waals surface area contributed by atoms with Crippen LogP contribution < -0.4 is 5.19 Å². The summed E-state index contributed by atoms with van der Waals surface area (Å²) in [5.41, 5.74) is 13.1. The number of imidazole rings is 1. The molecule has 0 aliphatic carbocycles. The quantitative estimate of drug-likeness (QED) is 0.118. The van der Waals surface area contributed by atoms with Crippen LogP contribution in [0.4, 0.5) is 0 Å². The summed E-state index contributed by atoms with van der Waals surface area (Å²) >= 11 is 0. The van der Waals surface area contributed by atoms with Gasteiger partial charge in [-0.1, -0.05) is 158 Å². The molecule has 62 heavy (non-hydrogen) atoms. The van der Waals surface area contributed by atoms with Crippen LogP contribution >= 0.6 is 0 Å². The molecule has 0 saturated carbocycles. The first-order valence-corrected chi connectivity index (χ1v) is 24.5. The molecule has 11 rings (SSSR count). The van der Waals surface area contributed by atoms with E-state index in [-0.39, 0.29) is 20.1 Å². The summed E-state index contributed by atoms with van der Waals surface area (Å²) in [5, 5.41) is 5.89. The van der Waals surface area contributed by atoms with Gasteiger partial charge in [-0.3, -0.25) is 4.98 Å². The zero-order chi connectivity index (χ0) is 41.7. The molecule has 307 valence electrons. The Morgan fingerprint density at radius 1 is 0.613 bits per heavy atom. The summed E-state index contributed by atoms with van der Waals surface area (Å²) < 4.78 is 14.7. The molecule has 1 radical (unpaired) electrons. The number of fused-ring (bicyclic) bond motifs is 7. The largest absolute Gasteiger partial charge is 0.501 e. The molecule has 11 aromatic rings. The Hall–Kier alpha value is -6.37. The molecule has 5 nitrogen and oxygen atoms in total. The Morgan fingerprint density at radius 3 is 1.82 bits per heavy atom. The van der Waals surface area contributed by atoms with E-state index in [2.05, 4.69) is 147 Å². The van der Waals surface area contributed by atoms with Crippen LogP contribution in [0.5, 0.6) is 0 Å². The minimum Gasteiger partial charge on any atom is -0.501 e. The fraction of sp³-hybridized carbons (Fsp3) is 0.127. The predicted molar refractivity (Wildman–Crippen MR) is 255 cm³/mol. The Kier molecular flexibility index (Phi) is 11.1. The smallest absolute Gasteiger partial charge is 0.120 e. The van der Waals surface area contributed by atoms with E-state index in [1.54, 1.807) is 0 Å². The SMILES string of the molecule is CC(C)Cc1cc(-c2[c-]ccc3c2oc2ccccc23)ncc1[Si](C)(C)C.[Ir].[c-]1ccc2c(oc3ccccc32)c1-c1nc2ccccc2n1-c1ccc(-c2ccccc2)cc1. The molecule has 0 N–H and O–H groups in total. The van der Waals surface area contributed by atoms with Gasteiger partial charge in [-0.25, -0.2) is 0 Å². The summed E-state index contributed by atoms with van der Waals surface area (Å²) in [5.74, 6) is 1.43. The number of hydrogen-bond donors (Lipinski definition) is 0. The molecule has 0 atom stereocenters. The minimum atomic E-state index is -1.44. The van der Waals surface area contributed by atoms with Crippen molar-refractivity contribution in [2.75, 3.05) is 0 Å². The summed E-state index contributed by atoms with van der Waals surface area (Å²) in [6, 6.07) is 60.8. The van der Waals surface area contributed by atoms with Crippen LogP contribution in [0.3, 0.4) is 0 Å². The molecule has 0 unspecified atom stereocenters. The second kappa shape index (κ2) is 16.8. The van der Waals surface area contributed by atoms with E-state index in [1.807, 2.05) is 66.7 Å². The molecular formula is C55H45IrN3O2Si-2. The van der Waals surface area contributed by atoms with Gasteiger partial charge in [0.25, 0.3) is 0 Å². The maximum Gasteiger partial charge on any atom is 0.120 e. The van der Waals surface area contributed by atoms with Crippen molar-refractivity contribution in [2.24, 2.45) is 5.92 Å². The zero-order valence-electron chi connectivity index (χ0n) is 35.4. The third-order valence-corrected chi connectivity index (χ3v) is 13.4. The molecule has 4 heterocycles. The molecule has 0 saturated heterocycles. The van der Waals surface area contributed by atoms with Crippen molar-refractivity contribution < 1.29 is 28.9 Å². The van der Waals surface area contributed by atoms with Gasteiger partial charge in [0.2, 0.25) is 0 Å². The van der Waals surface area contributed by atoms with Crippen molar-refractivity contribution in [3.8, 4) is 39.5 Å². The van der Waals surface area contributed by atoms with E-state index < -0.39 is 8.07 Å². The average Bonchev–Trinajstić information content (AvgIpc) is 3.98. The maximum atomic E-state index is 6.32. The van der Waals surface area contributed by atoms with E-state index in [0.717, 1.165) is 89.7 Å². The normalized spacial score (nSPS) is 11.7. The van der Waals surface area contributed by atoms with Crippen LogP contribution in [0.15, 0.2) is 173 Å². The van der Waals surface area contributed by atoms with Crippen LogP contribution in [0.25, 0.3) is 94.4 Å². The molecular weight excluding hydrogens is 955 g/mol. The molecule has 7 heteroatoms. The summed E-state index contributed by atoms with van der Waals surface area (Å²) in [6.07, 6.45) is 3.18. The third kappa shape index (κ3) is 7.62. The summed E-state index contributed by atoms with van der Waals surface area (Å²) in [4.78, 5) is 9.88. The first-order chi connectivity index (χ1) is 29.7. The van der Waals surface area contributed by atoms with Gasteiger partial charge in [0.1, 0.15) is 11.2 Å². The van der Waals surface area contributed by atoms with Gasteiger partial charge in [-0.2, -0.15) is 0 Å². The average molecular weight is 1000 g/mol. The summed E-state index contributed by atoms with van der Waals surface area (Å²) in [7, 11) is -1.44. The second-order valence-electron chi connectivity index (χ2n) is 17.1. The molecule has 0 spiro atoms. The van der Waals surface area contributed by atoms with Crippen molar-refractivity contribution in [1.29, 1.82) is 0 Å². The van der Waals surface area contributed by atoms with Gasteiger partial charge < -0.3 is 18.4 Å². The number of hydrogen-bond acceptors (Lipinski definition) is 4. The van der Waals surface area contributed by atoms with E-state index in [0.29, 0.717) is 5.92 Å². The van der Waals surface area contributed by atoms with Gasteiger partial charge in [-0.15, -0.1) is 36.4 Å². The first-order valence-electron chi connectivity index (χ1n) is 21.0. The Labute approximate surface area is 376 Å². The fourth-order valence-electron chi connectivity index (χ4n) is 8.54. The Bertz CT molecular complexity index is 3360. The molecule has 0 fully saturated rings. The van der Waals surface area contributed by atoms with Crippen molar-refractivity contribution in [2.45, 2.75) is 39.9 Å². The second-order valence-corrected chi connectivity index (χ2v) is 22.2. The van der Waals surface area contributed by atoms with Crippen LogP contribution in [-0.4, -0.2) is 22.6 Å². The number of pyridine rings is 1. The van der Waals surface area contributed by atoms with Crippen molar-refractivity contribution >= 4 is 68.2 Å². The van der Waals surface area contributed by atoms with Gasteiger partial charge in [0.15, 0.2) is 0 Å². The number of rotatable bonds is 7. The number of nitrogens with zero attached hydrogens (tertiary/aromatic N) is 3. The van der Waals surface area contributed by atoms with E-state index >= 15 is 0 Å². The number of furan rings is 2. The van der Waals surface area contributed by atoms with Crippen molar-refractivity contribution in [1.82, 2.24) is 14.5 Å². The van der Waals surface area contributed by atoms with Crippen LogP contribution in [-0.2, 0) is 26.5 Å². The molecule has 0 bridgehead atoms. The van der Waals surface area contributed by atoms with E-state index in [4.69, 9.17) is 18.8 Å². The molecule has 0 aliphatic heterocycles. The van der Waals surface area contributed by atoms with Crippen molar-refractivity contribution in [3.05, 3.63) is 182 Å². The van der Waals surface area contributed by atoms with Crippen LogP contribution in [0, 0.1) is 18.1 Å². The minimum absolute atomic E-state index is 0. The van der Waals surface area contributed by atoms with Gasteiger partial charge in [0.05, 0.1) is 36.1 Å².